The van der Waals surface area contributed by atoms with Crippen LogP contribution < -0.4 is 5.73 Å². The fourth-order valence-electron chi connectivity index (χ4n) is 1.52. The van der Waals surface area contributed by atoms with Crippen LogP contribution in [0.4, 0.5) is 0 Å². The Hall–Kier alpha value is -0.570. The minimum Gasteiger partial charge on any atom is -0.330 e. The van der Waals surface area contributed by atoms with Gasteiger partial charge in [0.05, 0.1) is 0 Å². The lowest BCUT2D eigenvalue weighted by molar-refractivity contribution is 0.839. The Morgan fingerprint density at radius 3 is 2.79 bits per heavy atom. The van der Waals surface area contributed by atoms with E-state index in [9.17, 15) is 0 Å². The molecule has 1 aromatic carbocycles. The summed E-state index contributed by atoms with van der Waals surface area (Å²) in [4.78, 5) is 0. The van der Waals surface area contributed by atoms with Gasteiger partial charge in [0.1, 0.15) is 0 Å². The number of halogens is 1. The van der Waals surface area contributed by atoms with Crippen LogP contribution in [0.3, 0.4) is 0 Å². The largest absolute Gasteiger partial charge is 0.330 e. The van der Waals surface area contributed by atoms with Crippen LogP contribution in [-0.4, -0.2) is 6.54 Å². The highest BCUT2D eigenvalue weighted by Crippen LogP contribution is 2.26. The first-order valence-corrected chi connectivity index (χ1v) is 5.45. The lowest BCUT2D eigenvalue weighted by Crippen LogP contribution is -1.99. The quantitative estimate of drug-likeness (QED) is 0.856. The van der Waals surface area contributed by atoms with Gasteiger partial charge in [0.25, 0.3) is 0 Å². The van der Waals surface area contributed by atoms with E-state index in [1.165, 1.54) is 15.6 Å². The van der Waals surface area contributed by atoms with Crippen molar-refractivity contribution in [2.75, 3.05) is 6.54 Å². The van der Waals surface area contributed by atoms with E-state index in [1.807, 2.05) is 11.3 Å². The maximum atomic E-state index is 5.49. The minimum absolute atomic E-state index is 0. The maximum Gasteiger partial charge on any atom is 0.0345 e. The lowest BCUT2D eigenvalue weighted by Gasteiger charge is -1.96. The second-order valence-electron chi connectivity index (χ2n) is 3.15. The van der Waals surface area contributed by atoms with Crippen LogP contribution in [0.25, 0.3) is 10.1 Å². The van der Waals surface area contributed by atoms with Crippen LogP contribution >= 0.6 is 23.7 Å². The zero-order valence-electron chi connectivity index (χ0n) is 7.90. The van der Waals surface area contributed by atoms with E-state index >= 15 is 0 Å². The summed E-state index contributed by atoms with van der Waals surface area (Å²) in [5.74, 6) is 0. The van der Waals surface area contributed by atoms with Gasteiger partial charge in [0, 0.05) is 4.70 Å². The van der Waals surface area contributed by atoms with E-state index in [4.69, 9.17) is 5.73 Å². The summed E-state index contributed by atoms with van der Waals surface area (Å²) in [6.07, 6.45) is 2.20. The van der Waals surface area contributed by atoms with Crippen molar-refractivity contribution >= 4 is 33.8 Å². The number of nitrogens with two attached hydrogens (primary N) is 1. The highest BCUT2D eigenvalue weighted by Gasteiger charge is 2.01. The molecule has 76 valence electrons. The standard InChI is InChI=1S/C11H13NS.ClH/c12-7-3-4-9-8-13-11-6-2-1-5-10(9)11;/h1-2,5-6,8H,3-4,7,12H2;1H. The molecule has 2 N–H and O–H groups in total. The Morgan fingerprint density at radius 2 is 2.00 bits per heavy atom. The number of hydrogen-bond donors (Lipinski definition) is 1. The normalized spacial score (nSPS) is 10.1. The van der Waals surface area contributed by atoms with Gasteiger partial charge in [-0.15, -0.1) is 23.7 Å². The van der Waals surface area contributed by atoms with E-state index < -0.39 is 0 Å². The molecule has 0 aliphatic carbocycles. The molecule has 1 aromatic heterocycles. The SMILES string of the molecule is Cl.NCCCc1csc2ccccc12. The Kier molecular flexibility index (Phi) is 4.39. The Labute approximate surface area is 94.3 Å². The molecule has 0 aliphatic rings. The van der Waals surface area contributed by atoms with Crippen LogP contribution in [-0.2, 0) is 6.42 Å². The van der Waals surface area contributed by atoms with Crippen molar-refractivity contribution in [3.8, 4) is 0 Å². The molecule has 0 atom stereocenters. The zero-order valence-corrected chi connectivity index (χ0v) is 9.53. The summed E-state index contributed by atoms with van der Waals surface area (Å²) < 4.78 is 1.38. The van der Waals surface area contributed by atoms with Gasteiger partial charge in [0.2, 0.25) is 0 Å². The molecule has 14 heavy (non-hydrogen) atoms. The average Bonchev–Trinajstić information content (AvgIpc) is 2.58. The molecular formula is C11H14ClNS. The van der Waals surface area contributed by atoms with Gasteiger partial charge in [-0.25, -0.2) is 0 Å². The van der Waals surface area contributed by atoms with E-state index in [1.54, 1.807) is 0 Å². The van der Waals surface area contributed by atoms with Gasteiger partial charge in [-0.2, -0.15) is 0 Å². The number of benzene rings is 1. The van der Waals surface area contributed by atoms with Gasteiger partial charge in [-0.3, -0.25) is 0 Å². The number of thiophene rings is 1. The second-order valence-corrected chi connectivity index (χ2v) is 4.06. The topological polar surface area (TPSA) is 26.0 Å². The number of rotatable bonds is 3. The molecule has 0 saturated heterocycles. The lowest BCUT2D eigenvalue weighted by atomic mass is 10.1. The predicted molar refractivity (Wildman–Crippen MR) is 66.4 cm³/mol. The van der Waals surface area contributed by atoms with Crippen molar-refractivity contribution in [3.05, 3.63) is 35.2 Å². The maximum absolute atomic E-state index is 5.49. The van der Waals surface area contributed by atoms with Crippen LogP contribution in [0.1, 0.15) is 12.0 Å². The molecule has 0 bridgehead atoms. The molecule has 0 saturated carbocycles. The van der Waals surface area contributed by atoms with E-state index in [0.717, 1.165) is 19.4 Å². The van der Waals surface area contributed by atoms with Crippen LogP contribution in [0.5, 0.6) is 0 Å². The molecule has 0 fully saturated rings. The van der Waals surface area contributed by atoms with Crippen molar-refractivity contribution in [2.24, 2.45) is 5.73 Å². The highest BCUT2D eigenvalue weighted by atomic mass is 35.5. The first-order chi connectivity index (χ1) is 6.42. The van der Waals surface area contributed by atoms with Gasteiger partial charge < -0.3 is 5.73 Å². The Morgan fingerprint density at radius 1 is 1.21 bits per heavy atom. The van der Waals surface area contributed by atoms with E-state index in [0.29, 0.717) is 0 Å². The molecule has 0 spiro atoms. The van der Waals surface area contributed by atoms with Crippen LogP contribution in [0.15, 0.2) is 29.6 Å². The summed E-state index contributed by atoms with van der Waals surface area (Å²) >= 11 is 1.82. The summed E-state index contributed by atoms with van der Waals surface area (Å²) in [6.45, 7) is 0.782. The van der Waals surface area contributed by atoms with Crippen molar-refractivity contribution in [2.45, 2.75) is 12.8 Å². The third-order valence-electron chi connectivity index (χ3n) is 2.21. The molecule has 2 rings (SSSR count). The average molecular weight is 228 g/mol. The third kappa shape index (κ3) is 2.27. The molecule has 2 aromatic rings. The van der Waals surface area contributed by atoms with Crippen LogP contribution in [0, 0.1) is 0 Å². The molecule has 1 heterocycles. The first-order valence-electron chi connectivity index (χ1n) is 4.57. The van der Waals surface area contributed by atoms with Crippen molar-refractivity contribution in [1.82, 2.24) is 0 Å². The highest BCUT2D eigenvalue weighted by molar-refractivity contribution is 7.17. The Bertz CT molecular complexity index is 397. The molecule has 0 amide bonds. The van der Waals surface area contributed by atoms with Crippen molar-refractivity contribution in [1.29, 1.82) is 0 Å². The molecule has 0 aliphatic heterocycles. The summed E-state index contributed by atoms with van der Waals surface area (Å²) in [6, 6.07) is 8.55. The number of fused-ring (bicyclic) bond motifs is 1. The molecular weight excluding hydrogens is 214 g/mol. The van der Waals surface area contributed by atoms with Gasteiger partial charge >= 0.3 is 0 Å². The third-order valence-corrected chi connectivity index (χ3v) is 3.22. The smallest absolute Gasteiger partial charge is 0.0345 e. The minimum atomic E-state index is 0. The van der Waals surface area contributed by atoms with Crippen molar-refractivity contribution < 1.29 is 0 Å². The fraction of sp³-hybridized carbons (Fsp3) is 0.273. The molecule has 0 unspecified atom stereocenters. The summed E-state index contributed by atoms with van der Waals surface area (Å²) in [7, 11) is 0. The van der Waals surface area contributed by atoms with E-state index in [2.05, 4.69) is 29.6 Å². The predicted octanol–water partition coefficient (Wildman–Crippen LogP) is 3.21. The number of aryl methyl sites for hydroxylation is 1. The summed E-state index contributed by atoms with van der Waals surface area (Å²) in [5, 5.41) is 3.65. The monoisotopic (exact) mass is 227 g/mol. The fourth-order valence-corrected chi connectivity index (χ4v) is 2.52. The Balaban J connectivity index is 0.000000980. The summed E-state index contributed by atoms with van der Waals surface area (Å²) in [5.41, 5.74) is 6.94. The van der Waals surface area contributed by atoms with Crippen LogP contribution in [0.2, 0.25) is 0 Å². The second kappa shape index (κ2) is 5.35. The molecule has 3 heteroatoms. The molecule has 1 nitrogen and oxygen atoms in total. The van der Waals surface area contributed by atoms with Gasteiger partial charge in [0.15, 0.2) is 0 Å². The number of hydrogen-bond acceptors (Lipinski definition) is 2. The molecule has 0 radical (unpaired) electrons. The van der Waals surface area contributed by atoms with Gasteiger partial charge in [-0.05, 0) is 41.8 Å². The zero-order chi connectivity index (χ0) is 9.10. The van der Waals surface area contributed by atoms with Crippen molar-refractivity contribution in [3.63, 3.8) is 0 Å². The van der Waals surface area contributed by atoms with E-state index in [-0.39, 0.29) is 12.4 Å². The first kappa shape index (κ1) is 11.5. The van der Waals surface area contributed by atoms with Gasteiger partial charge in [-0.1, -0.05) is 18.2 Å².